The van der Waals surface area contributed by atoms with Crippen molar-refractivity contribution in [3.05, 3.63) is 41.0 Å². The van der Waals surface area contributed by atoms with E-state index in [0.717, 1.165) is 15.6 Å². The summed E-state index contributed by atoms with van der Waals surface area (Å²) >= 11 is 6.68. The second-order valence-corrected chi connectivity index (χ2v) is 8.09. The van der Waals surface area contributed by atoms with Crippen LogP contribution in [0.15, 0.2) is 40.9 Å². The van der Waals surface area contributed by atoms with Gasteiger partial charge in [-0.1, -0.05) is 11.6 Å². The first-order valence-corrected chi connectivity index (χ1v) is 8.44. The molecule has 6 nitrogen and oxygen atoms in total. The van der Waals surface area contributed by atoms with Crippen LogP contribution in [-0.2, 0) is 14.8 Å². The third kappa shape index (κ3) is 4.01. The van der Waals surface area contributed by atoms with E-state index in [-0.39, 0.29) is 10.8 Å². The lowest BCUT2D eigenvalue weighted by atomic mass is 10.4. The lowest BCUT2D eigenvalue weighted by molar-refractivity contribution is -0.116. The van der Waals surface area contributed by atoms with Crippen LogP contribution >= 0.6 is 22.9 Å². The van der Waals surface area contributed by atoms with Crippen LogP contribution in [0.3, 0.4) is 0 Å². The molecule has 0 aliphatic heterocycles. The minimum absolute atomic E-state index is 0.103. The molecule has 2 aromatic heterocycles. The van der Waals surface area contributed by atoms with Gasteiger partial charge < -0.3 is 5.32 Å². The fourth-order valence-corrected chi connectivity index (χ4v) is 4.33. The Morgan fingerprint density at radius 1 is 1.33 bits per heavy atom. The summed E-state index contributed by atoms with van der Waals surface area (Å²) in [5.74, 6) is -0.435. The average Bonchev–Trinajstić information content (AvgIpc) is 2.87. The molecule has 21 heavy (non-hydrogen) atoms. The molecule has 0 bridgehead atoms. The van der Waals surface area contributed by atoms with Crippen molar-refractivity contribution in [2.45, 2.75) is 4.21 Å². The number of aromatic nitrogens is 1. The van der Waals surface area contributed by atoms with E-state index in [0.29, 0.717) is 10.0 Å². The first-order chi connectivity index (χ1) is 9.89. The van der Waals surface area contributed by atoms with Gasteiger partial charge in [-0.2, -0.15) is 4.31 Å². The van der Waals surface area contributed by atoms with Crippen molar-refractivity contribution >= 4 is 44.6 Å². The molecule has 9 heteroatoms. The third-order valence-corrected chi connectivity index (χ3v) is 6.05. The molecule has 2 aromatic rings. The van der Waals surface area contributed by atoms with Crippen molar-refractivity contribution in [1.29, 1.82) is 0 Å². The van der Waals surface area contributed by atoms with E-state index in [1.807, 2.05) is 0 Å². The zero-order valence-corrected chi connectivity index (χ0v) is 13.4. The number of likely N-dealkylation sites (N-methyl/N-ethyl adjacent to an activating group) is 1. The topological polar surface area (TPSA) is 79.4 Å². The quantitative estimate of drug-likeness (QED) is 0.899. The van der Waals surface area contributed by atoms with Gasteiger partial charge in [0.25, 0.3) is 10.0 Å². The van der Waals surface area contributed by atoms with E-state index in [1.165, 1.54) is 31.6 Å². The summed E-state index contributed by atoms with van der Waals surface area (Å²) in [6.45, 7) is -0.291. The maximum Gasteiger partial charge on any atom is 0.252 e. The van der Waals surface area contributed by atoms with Crippen LogP contribution in [0.5, 0.6) is 0 Å². The van der Waals surface area contributed by atoms with Crippen molar-refractivity contribution < 1.29 is 13.2 Å². The molecule has 1 N–H and O–H groups in total. The molecule has 0 radical (unpaired) electrons. The molecule has 1 amide bonds. The van der Waals surface area contributed by atoms with Gasteiger partial charge in [-0.3, -0.25) is 9.78 Å². The molecule has 0 unspecified atom stereocenters. The Morgan fingerprint density at radius 2 is 2.00 bits per heavy atom. The number of halogens is 1. The van der Waals surface area contributed by atoms with Crippen molar-refractivity contribution in [2.75, 3.05) is 18.9 Å². The molecule has 0 saturated heterocycles. The molecule has 0 aromatic carbocycles. The highest BCUT2D eigenvalue weighted by molar-refractivity contribution is 7.91. The van der Waals surface area contributed by atoms with Crippen LogP contribution in [-0.4, -0.2) is 37.2 Å². The standard InChI is InChI=1S/C12H12ClN3O3S2/c1-16(21(18,19)12-3-2-10(13)20-12)8-11(17)15-9-4-6-14-7-5-9/h2-7H,8H2,1H3,(H,14,15,17). The summed E-state index contributed by atoms with van der Waals surface area (Å²) in [5, 5.41) is 2.59. The summed E-state index contributed by atoms with van der Waals surface area (Å²) < 4.78 is 25.9. The van der Waals surface area contributed by atoms with Gasteiger partial charge in [-0.05, 0) is 24.3 Å². The zero-order chi connectivity index (χ0) is 15.5. The predicted molar refractivity (Wildman–Crippen MR) is 82.0 cm³/mol. The van der Waals surface area contributed by atoms with Gasteiger partial charge in [0.1, 0.15) is 4.21 Å². The number of sulfonamides is 1. The second-order valence-electron chi connectivity index (χ2n) is 4.10. The van der Waals surface area contributed by atoms with Crippen molar-refractivity contribution in [3.63, 3.8) is 0 Å². The number of nitrogens with zero attached hydrogens (tertiary/aromatic N) is 2. The Morgan fingerprint density at radius 3 is 2.57 bits per heavy atom. The number of anilines is 1. The summed E-state index contributed by atoms with van der Waals surface area (Å²) in [6.07, 6.45) is 3.06. The van der Waals surface area contributed by atoms with Crippen LogP contribution in [0.1, 0.15) is 0 Å². The molecule has 0 atom stereocenters. The molecular weight excluding hydrogens is 334 g/mol. The number of hydrogen-bond acceptors (Lipinski definition) is 5. The summed E-state index contributed by atoms with van der Waals surface area (Å²) in [4.78, 5) is 15.7. The van der Waals surface area contributed by atoms with E-state index >= 15 is 0 Å². The van der Waals surface area contributed by atoms with E-state index in [2.05, 4.69) is 10.3 Å². The number of carbonyl (C=O) groups is 1. The first-order valence-electron chi connectivity index (χ1n) is 5.81. The summed E-state index contributed by atoms with van der Waals surface area (Å²) in [6, 6.07) is 6.15. The maximum absolute atomic E-state index is 12.2. The molecular formula is C12H12ClN3O3S2. The molecule has 0 aliphatic carbocycles. The molecule has 2 heterocycles. The summed E-state index contributed by atoms with van der Waals surface area (Å²) in [5.41, 5.74) is 0.556. The van der Waals surface area contributed by atoms with Crippen molar-refractivity contribution in [1.82, 2.24) is 9.29 Å². The number of rotatable bonds is 5. The molecule has 2 rings (SSSR count). The van der Waals surface area contributed by atoms with Crippen LogP contribution in [0, 0.1) is 0 Å². The number of nitrogens with one attached hydrogen (secondary N) is 1. The van der Waals surface area contributed by atoms with Crippen LogP contribution in [0.25, 0.3) is 0 Å². The lowest BCUT2D eigenvalue weighted by Gasteiger charge is -2.15. The van der Waals surface area contributed by atoms with E-state index in [9.17, 15) is 13.2 Å². The molecule has 0 aliphatic rings. The number of pyridine rings is 1. The van der Waals surface area contributed by atoms with Gasteiger partial charge in [0.05, 0.1) is 10.9 Å². The van der Waals surface area contributed by atoms with Gasteiger partial charge in [0.2, 0.25) is 5.91 Å². The van der Waals surface area contributed by atoms with Gasteiger partial charge in [0.15, 0.2) is 0 Å². The number of hydrogen-bond donors (Lipinski definition) is 1. The SMILES string of the molecule is CN(CC(=O)Nc1ccncc1)S(=O)(=O)c1ccc(Cl)s1. The highest BCUT2D eigenvalue weighted by Gasteiger charge is 2.24. The lowest BCUT2D eigenvalue weighted by Crippen LogP contribution is -2.34. The Bertz CT molecular complexity index is 731. The molecule has 0 saturated carbocycles. The monoisotopic (exact) mass is 345 g/mol. The van der Waals surface area contributed by atoms with E-state index in [1.54, 1.807) is 12.1 Å². The van der Waals surface area contributed by atoms with E-state index in [4.69, 9.17) is 11.6 Å². The Kier molecular flexibility index (Phi) is 4.94. The molecule has 112 valence electrons. The third-order valence-electron chi connectivity index (χ3n) is 2.54. The number of amides is 1. The maximum atomic E-state index is 12.2. The molecule has 0 spiro atoms. The smallest absolute Gasteiger partial charge is 0.252 e. The predicted octanol–water partition coefficient (Wildman–Crippen LogP) is 2.06. The van der Waals surface area contributed by atoms with Crippen LogP contribution in [0.4, 0.5) is 5.69 Å². The average molecular weight is 346 g/mol. The van der Waals surface area contributed by atoms with Crippen LogP contribution < -0.4 is 5.32 Å². The minimum atomic E-state index is -3.71. The second kappa shape index (κ2) is 6.52. The Labute approximate surface area is 131 Å². The number of thiophene rings is 1. The van der Waals surface area contributed by atoms with Gasteiger partial charge in [-0.25, -0.2) is 8.42 Å². The largest absolute Gasteiger partial charge is 0.325 e. The fraction of sp³-hybridized carbons (Fsp3) is 0.167. The minimum Gasteiger partial charge on any atom is -0.325 e. The van der Waals surface area contributed by atoms with Crippen molar-refractivity contribution in [3.8, 4) is 0 Å². The van der Waals surface area contributed by atoms with Gasteiger partial charge in [-0.15, -0.1) is 11.3 Å². The van der Waals surface area contributed by atoms with Gasteiger partial charge >= 0.3 is 0 Å². The number of carbonyl (C=O) groups excluding carboxylic acids is 1. The molecule has 0 fully saturated rings. The fourth-order valence-electron chi connectivity index (χ4n) is 1.51. The van der Waals surface area contributed by atoms with E-state index < -0.39 is 15.9 Å². The Hall–Kier alpha value is -1.48. The van der Waals surface area contributed by atoms with Crippen LogP contribution in [0.2, 0.25) is 4.34 Å². The van der Waals surface area contributed by atoms with Crippen molar-refractivity contribution in [2.24, 2.45) is 0 Å². The van der Waals surface area contributed by atoms with Gasteiger partial charge in [0, 0.05) is 25.1 Å². The zero-order valence-electron chi connectivity index (χ0n) is 11.0. The first kappa shape index (κ1) is 15.9. The normalized spacial score (nSPS) is 11.6. The highest BCUT2D eigenvalue weighted by atomic mass is 35.5. The highest BCUT2D eigenvalue weighted by Crippen LogP contribution is 2.27. The Balaban J connectivity index is 2.04. The summed E-state index contributed by atoms with van der Waals surface area (Å²) in [7, 11) is -2.37.